The van der Waals surface area contributed by atoms with E-state index in [2.05, 4.69) is 10.6 Å². The van der Waals surface area contributed by atoms with Gasteiger partial charge in [0.2, 0.25) is 5.91 Å². The van der Waals surface area contributed by atoms with E-state index in [1.165, 1.54) is 0 Å². The van der Waals surface area contributed by atoms with Crippen LogP contribution in [0.4, 0.5) is 8.78 Å². The monoisotopic (exact) mass is 334 g/mol. The Labute approximate surface area is 135 Å². The number of hydrogen-bond donors (Lipinski definition) is 2. The Balaban J connectivity index is 0.00000242. The molecule has 7 heteroatoms. The van der Waals surface area contributed by atoms with Crippen molar-refractivity contribution in [2.45, 2.75) is 38.3 Å². The second-order valence-electron chi connectivity index (χ2n) is 5.48. The zero-order chi connectivity index (χ0) is 15.5. The van der Waals surface area contributed by atoms with Crippen molar-refractivity contribution in [2.75, 3.05) is 13.1 Å². The van der Waals surface area contributed by atoms with Gasteiger partial charge in [0.05, 0.1) is 19.1 Å². The Morgan fingerprint density at radius 2 is 2.27 bits per heavy atom. The number of rotatable bonds is 5. The predicted molar refractivity (Wildman–Crippen MR) is 82.9 cm³/mol. The van der Waals surface area contributed by atoms with Gasteiger partial charge in [0.25, 0.3) is 5.92 Å². The highest BCUT2D eigenvalue weighted by Gasteiger charge is 2.42. The molecule has 1 fully saturated rings. The van der Waals surface area contributed by atoms with Crippen molar-refractivity contribution in [3.8, 4) is 5.75 Å². The van der Waals surface area contributed by atoms with Gasteiger partial charge in [-0.05, 0) is 31.5 Å². The third-order valence-corrected chi connectivity index (χ3v) is 3.32. The molecule has 22 heavy (non-hydrogen) atoms. The lowest BCUT2D eigenvalue weighted by atomic mass is 10.2. The molecule has 1 aliphatic heterocycles. The Morgan fingerprint density at radius 3 is 2.86 bits per heavy atom. The lowest BCUT2D eigenvalue weighted by Gasteiger charge is -2.17. The smallest absolute Gasteiger partial charge is 0.262 e. The van der Waals surface area contributed by atoms with Crippen LogP contribution in [-0.2, 0) is 4.79 Å². The highest BCUT2D eigenvalue weighted by atomic mass is 35.5. The Hall–Kier alpha value is -1.40. The van der Waals surface area contributed by atoms with Gasteiger partial charge in [-0.15, -0.1) is 12.4 Å². The predicted octanol–water partition coefficient (Wildman–Crippen LogP) is 2.30. The van der Waals surface area contributed by atoms with Crippen LogP contribution in [0, 0.1) is 6.92 Å². The Kier molecular flexibility index (Phi) is 6.56. The molecular weight excluding hydrogens is 314 g/mol. The maximum absolute atomic E-state index is 13.0. The quantitative estimate of drug-likeness (QED) is 0.868. The van der Waals surface area contributed by atoms with Crippen LogP contribution in [0.15, 0.2) is 24.3 Å². The summed E-state index contributed by atoms with van der Waals surface area (Å²) in [5, 5.41) is 5.16. The van der Waals surface area contributed by atoms with Crippen molar-refractivity contribution in [2.24, 2.45) is 0 Å². The van der Waals surface area contributed by atoms with E-state index in [-0.39, 0.29) is 25.1 Å². The summed E-state index contributed by atoms with van der Waals surface area (Å²) in [7, 11) is 0. The number of ether oxygens (including phenoxy) is 1. The lowest BCUT2D eigenvalue weighted by Crippen LogP contribution is -2.43. The van der Waals surface area contributed by atoms with Crippen LogP contribution in [0.25, 0.3) is 0 Å². The topological polar surface area (TPSA) is 50.4 Å². The van der Waals surface area contributed by atoms with Crippen molar-refractivity contribution in [3.63, 3.8) is 0 Å². The zero-order valence-electron chi connectivity index (χ0n) is 12.6. The van der Waals surface area contributed by atoms with Crippen LogP contribution in [0.2, 0.25) is 0 Å². The first kappa shape index (κ1) is 18.6. The summed E-state index contributed by atoms with van der Waals surface area (Å²) in [6.07, 6.45) is -0.691. The lowest BCUT2D eigenvalue weighted by molar-refractivity contribution is -0.123. The number of nitrogens with one attached hydrogen (secondary N) is 2. The number of carbonyl (C=O) groups is 1. The number of alkyl halides is 2. The Morgan fingerprint density at radius 1 is 1.55 bits per heavy atom. The number of hydrogen-bond acceptors (Lipinski definition) is 3. The molecule has 2 N–H and O–H groups in total. The van der Waals surface area contributed by atoms with E-state index in [1.807, 2.05) is 38.1 Å². The van der Waals surface area contributed by atoms with Gasteiger partial charge in [0.1, 0.15) is 11.9 Å². The number of carbonyl (C=O) groups excluding carboxylic acids is 1. The van der Waals surface area contributed by atoms with Gasteiger partial charge in [0, 0.05) is 6.42 Å². The van der Waals surface area contributed by atoms with Crippen molar-refractivity contribution < 1.29 is 18.3 Å². The highest BCUT2D eigenvalue weighted by molar-refractivity contribution is 5.85. The maximum atomic E-state index is 13.0. The molecule has 2 atom stereocenters. The molecule has 2 rings (SSSR count). The highest BCUT2D eigenvalue weighted by Crippen LogP contribution is 2.25. The molecule has 0 spiro atoms. The summed E-state index contributed by atoms with van der Waals surface area (Å²) in [6, 6.07) is 6.76. The van der Waals surface area contributed by atoms with Gasteiger partial charge in [-0.1, -0.05) is 12.1 Å². The maximum Gasteiger partial charge on any atom is 0.262 e. The molecule has 4 nitrogen and oxygen atoms in total. The molecule has 1 aromatic rings. The summed E-state index contributed by atoms with van der Waals surface area (Å²) >= 11 is 0. The van der Waals surface area contributed by atoms with Crippen LogP contribution >= 0.6 is 12.4 Å². The molecule has 0 bridgehead atoms. The average Bonchev–Trinajstić information content (AvgIpc) is 2.76. The molecule has 2 unspecified atom stereocenters. The van der Waals surface area contributed by atoms with Crippen molar-refractivity contribution in [1.29, 1.82) is 0 Å². The third-order valence-electron chi connectivity index (χ3n) is 3.32. The molecule has 1 aromatic carbocycles. The van der Waals surface area contributed by atoms with Gasteiger partial charge < -0.3 is 10.1 Å². The average molecular weight is 335 g/mol. The SMILES string of the molecule is Cc1cccc(OC(C)CNC(=O)C2CC(F)(F)CN2)c1.Cl. The van der Waals surface area contributed by atoms with E-state index >= 15 is 0 Å². The van der Waals surface area contributed by atoms with E-state index in [4.69, 9.17) is 4.74 Å². The van der Waals surface area contributed by atoms with Crippen LogP contribution in [0.3, 0.4) is 0 Å². The van der Waals surface area contributed by atoms with Gasteiger partial charge >= 0.3 is 0 Å². The van der Waals surface area contributed by atoms with E-state index in [9.17, 15) is 13.6 Å². The molecule has 0 saturated carbocycles. The van der Waals surface area contributed by atoms with E-state index in [0.29, 0.717) is 0 Å². The van der Waals surface area contributed by atoms with Gasteiger partial charge in [0.15, 0.2) is 0 Å². The van der Waals surface area contributed by atoms with Crippen LogP contribution in [0.1, 0.15) is 18.9 Å². The van der Waals surface area contributed by atoms with Gasteiger partial charge in [-0.3, -0.25) is 10.1 Å². The molecular formula is C15H21ClF2N2O2. The summed E-state index contributed by atoms with van der Waals surface area (Å²) < 4.78 is 31.7. The first-order chi connectivity index (χ1) is 9.85. The first-order valence-electron chi connectivity index (χ1n) is 6.98. The van der Waals surface area contributed by atoms with Gasteiger partial charge in [-0.2, -0.15) is 0 Å². The number of halogens is 3. The molecule has 1 saturated heterocycles. The van der Waals surface area contributed by atoms with Crippen molar-refractivity contribution in [3.05, 3.63) is 29.8 Å². The minimum Gasteiger partial charge on any atom is -0.489 e. The fourth-order valence-electron chi connectivity index (χ4n) is 2.23. The molecule has 0 aliphatic carbocycles. The summed E-state index contributed by atoms with van der Waals surface area (Å²) in [5.41, 5.74) is 1.08. The second kappa shape index (κ2) is 7.74. The zero-order valence-corrected chi connectivity index (χ0v) is 13.4. The largest absolute Gasteiger partial charge is 0.489 e. The fraction of sp³-hybridized carbons (Fsp3) is 0.533. The van der Waals surface area contributed by atoms with Crippen molar-refractivity contribution in [1.82, 2.24) is 10.6 Å². The van der Waals surface area contributed by atoms with E-state index < -0.39 is 30.8 Å². The molecule has 0 radical (unpaired) electrons. The summed E-state index contributed by atoms with van der Waals surface area (Å²) in [6.45, 7) is 3.61. The summed E-state index contributed by atoms with van der Waals surface area (Å²) in [4.78, 5) is 11.8. The standard InChI is InChI=1S/C15H20F2N2O2.ClH/c1-10-4-3-5-12(6-10)21-11(2)8-18-14(20)13-7-15(16,17)9-19-13;/h3-6,11,13,19H,7-9H2,1-2H3,(H,18,20);1H. The summed E-state index contributed by atoms with van der Waals surface area (Å²) in [5.74, 6) is -2.49. The van der Waals surface area contributed by atoms with Crippen molar-refractivity contribution >= 4 is 18.3 Å². The van der Waals surface area contributed by atoms with Gasteiger partial charge in [-0.25, -0.2) is 8.78 Å². The fourth-order valence-corrected chi connectivity index (χ4v) is 2.23. The van der Waals surface area contributed by atoms with E-state index in [0.717, 1.165) is 11.3 Å². The van der Waals surface area contributed by atoms with Crippen LogP contribution < -0.4 is 15.4 Å². The van der Waals surface area contributed by atoms with Crippen LogP contribution in [0.5, 0.6) is 5.75 Å². The first-order valence-corrected chi connectivity index (χ1v) is 6.98. The van der Waals surface area contributed by atoms with E-state index in [1.54, 1.807) is 0 Å². The number of benzene rings is 1. The molecule has 1 heterocycles. The minimum atomic E-state index is -2.80. The molecule has 1 aliphatic rings. The molecule has 1 amide bonds. The molecule has 0 aromatic heterocycles. The van der Waals surface area contributed by atoms with Crippen LogP contribution in [-0.4, -0.2) is 37.1 Å². The second-order valence-corrected chi connectivity index (χ2v) is 5.48. The third kappa shape index (κ3) is 5.42. The Bertz CT molecular complexity index is 514. The number of amides is 1. The minimum absolute atomic E-state index is 0. The normalized spacial score (nSPS) is 20.8. The molecule has 124 valence electrons. The number of aryl methyl sites for hydroxylation is 1.